The van der Waals surface area contributed by atoms with Crippen LogP contribution in [-0.4, -0.2) is 17.0 Å². The lowest BCUT2D eigenvalue weighted by atomic mass is 9.67. The van der Waals surface area contributed by atoms with Crippen LogP contribution in [0.1, 0.15) is 39.0 Å². The zero-order valence-electron chi connectivity index (χ0n) is 11.9. The van der Waals surface area contributed by atoms with Crippen LogP contribution in [0, 0.1) is 11.8 Å². The minimum Gasteiger partial charge on any atom is -0.389 e. The van der Waals surface area contributed by atoms with Crippen LogP contribution in [-0.2, 0) is 4.79 Å². The van der Waals surface area contributed by atoms with Crippen molar-refractivity contribution in [1.29, 1.82) is 0 Å². The smallest absolute Gasteiger partial charge is 0.181 e. The van der Waals surface area contributed by atoms with Crippen molar-refractivity contribution in [2.45, 2.75) is 45.1 Å². The molecule has 3 atom stereocenters. The Hall–Kier alpha value is -1.41. The van der Waals surface area contributed by atoms with Crippen molar-refractivity contribution in [2.24, 2.45) is 11.8 Å². The molecule has 0 saturated heterocycles. The average molecular weight is 268 g/mol. The van der Waals surface area contributed by atoms with Crippen molar-refractivity contribution < 1.29 is 9.90 Å². The second-order valence-corrected chi connectivity index (χ2v) is 6.52. The first-order valence-corrected chi connectivity index (χ1v) is 7.69. The summed E-state index contributed by atoms with van der Waals surface area (Å²) < 4.78 is 0. The highest BCUT2D eigenvalue weighted by Crippen LogP contribution is 2.50. The Labute approximate surface area is 119 Å². The number of aliphatic hydroxyl groups excluding tert-OH is 1. The Morgan fingerprint density at radius 1 is 1.20 bits per heavy atom. The van der Waals surface area contributed by atoms with E-state index in [0.717, 1.165) is 37.7 Å². The fourth-order valence-electron chi connectivity index (χ4n) is 4.51. The molecule has 0 amide bonds. The summed E-state index contributed by atoms with van der Waals surface area (Å²) in [6.45, 7) is 1.98. The molecule has 0 saturated carbocycles. The molecule has 20 heavy (non-hydrogen) atoms. The fourth-order valence-corrected chi connectivity index (χ4v) is 4.51. The van der Waals surface area contributed by atoms with Crippen LogP contribution >= 0.6 is 0 Å². The number of hydrogen-bond donors (Lipinski definition) is 1. The van der Waals surface area contributed by atoms with Gasteiger partial charge in [-0.05, 0) is 67.7 Å². The lowest BCUT2D eigenvalue weighted by Crippen LogP contribution is -2.24. The summed E-state index contributed by atoms with van der Waals surface area (Å²) in [6.07, 6.45) is 10.9. The monoisotopic (exact) mass is 268 g/mol. The predicted molar refractivity (Wildman–Crippen MR) is 78.0 cm³/mol. The average Bonchev–Trinajstić information content (AvgIpc) is 2.83. The SMILES string of the molecule is CC1=C2CCC3=C(CCC4CC(O)C=C34)C2C=CC1=O. The number of aliphatic hydroxyl groups is 1. The van der Waals surface area contributed by atoms with Gasteiger partial charge in [0.1, 0.15) is 0 Å². The van der Waals surface area contributed by atoms with Crippen LogP contribution in [0.25, 0.3) is 0 Å². The zero-order valence-corrected chi connectivity index (χ0v) is 11.9. The summed E-state index contributed by atoms with van der Waals surface area (Å²) in [4.78, 5) is 11.8. The van der Waals surface area contributed by atoms with E-state index in [1.165, 1.54) is 22.3 Å². The number of carbonyl (C=O) groups is 1. The van der Waals surface area contributed by atoms with Crippen LogP contribution in [0.15, 0.2) is 46.1 Å². The largest absolute Gasteiger partial charge is 0.389 e. The van der Waals surface area contributed by atoms with E-state index in [0.29, 0.717) is 11.8 Å². The Balaban J connectivity index is 1.80. The molecular formula is C18H20O2. The molecule has 0 bridgehead atoms. The second kappa shape index (κ2) is 4.29. The minimum atomic E-state index is -0.246. The summed E-state index contributed by atoms with van der Waals surface area (Å²) in [5, 5.41) is 9.89. The first-order valence-electron chi connectivity index (χ1n) is 7.69. The minimum absolute atomic E-state index is 0.185. The molecule has 2 nitrogen and oxygen atoms in total. The molecule has 0 aliphatic heterocycles. The van der Waals surface area contributed by atoms with Crippen molar-refractivity contribution in [2.75, 3.05) is 0 Å². The van der Waals surface area contributed by atoms with Crippen LogP contribution in [0.4, 0.5) is 0 Å². The molecule has 104 valence electrons. The molecule has 4 aliphatic carbocycles. The maximum absolute atomic E-state index is 11.8. The van der Waals surface area contributed by atoms with E-state index in [-0.39, 0.29) is 11.9 Å². The number of rotatable bonds is 0. The number of carbonyl (C=O) groups excluding carboxylic acids is 1. The van der Waals surface area contributed by atoms with Crippen molar-refractivity contribution >= 4 is 5.78 Å². The van der Waals surface area contributed by atoms with Gasteiger partial charge in [0.15, 0.2) is 5.78 Å². The Morgan fingerprint density at radius 3 is 2.90 bits per heavy atom. The molecule has 0 fully saturated rings. The highest BCUT2D eigenvalue weighted by molar-refractivity contribution is 6.05. The highest BCUT2D eigenvalue weighted by atomic mass is 16.3. The van der Waals surface area contributed by atoms with Gasteiger partial charge in [-0.15, -0.1) is 0 Å². The molecule has 0 spiro atoms. The maximum Gasteiger partial charge on any atom is 0.181 e. The van der Waals surface area contributed by atoms with Gasteiger partial charge in [0.25, 0.3) is 0 Å². The number of hydrogen-bond acceptors (Lipinski definition) is 2. The first kappa shape index (κ1) is 12.3. The standard InChI is InChI=1S/C18H20O2/c1-10-13-4-5-16-15(14(13)6-7-18(10)20)3-2-11-8-12(19)9-17(11)16/h6-7,9,11-12,14,19H,2-5,8H2,1H3. The van der Waals surface area contributed by atoms with E-state index in [9.17, 15) is 9.90 Å². The van der Waals surface area contributed by atoms with Crippen molar-refractivity contribution in [1.82, 2.24) is 0 Å². The third-order valence-corrected chi connectivity index (χ3v) is 5.52. The molecule has 4 aliphatic rings. The molecule has 2 heteroatoms. The predicted octanol–water partition coefficient (Wildman–Crippen LogP) is 3.25. The first-order chi connectivity index (χ1) is 9.65. The summed E-state index contributed by atoms with van der Waals surface area (Å²) >= 11 is 0. The van der Waals surface area contributed by atoms with Gasteiger partial charge in [-0.25, -0.2) is 0 Å². The Bertz CT molecular complexity index is 615. The molecule has 3 unspecified atom stereocenters. The molecular weight excluding hydrogens is 248 g/mol. The lowest BCUT2D eigenvalue weighted by Gasteiger charge is -2.37. The van der Waals surface area contributed by atoms with E-state index in [4.69, 9.17) is 0 Å². The lowest BCUT2D eigenvalue weighted by molar-refractivity contribution is -0.111. The Kier molecular flexibility index (Phi) is 2.65. The molecule has 0 radical (unpaired) electrons. The second-order valence-electron chi connectivity index (χ2n) is 6.52. The van der Waals surface area contributed by atoms with E-state index in [1.807, 2.05) is 6.92 Å². The maximum atomic E-state index is 11.8. The van der Waals surface area contributed by atoms with Gasteiger partial charge >= 0.3 is 0 Å². The summed E-state index contributed by atoms with van der Waals surface area (Å²) in [7, 11) is 0. The van der Waals surface area contributed by atoms with Crippen LogP contribution < -0.4 is 0 Å². The molecule has 4 rings (SSSR count). The van der Waals surface area contributed by atoms with E-state index >= 15 is 0 Å². The van der Waals surface area contributed by atoms with E-state index in [2.05, 4.69) is 12.2 Å². The summed E-state index contributed by atoms with van der Waals surface area (Å²) in [5.41, 5.74) is 6.74. The highest BCUT2D eigenvalue weighted by Gasteiger charge is 2.38. The number of ketones is 1. The zero-order chi connectivity index (χ0) is 13.9. The number of allylic oxidation sites excluding steroid dienone is 7. The molecule has 0 aromatic carbocycles. The summed E-state index contributed by atoms with van der Waals surface area (Å²) in [5.74, 6) is 1.12. The number of fused-ring (bicyclic) bond motifs is 4. The van der Waals surface area contributed by atoms with Crippen LogP contribution in [0.3, 0.4) is 0 Å². The van der Waals surface area contributed by atoms with Crippen molar-refractivity contribution in [3.63, 3.8) is 0 Å². The topological polar surface area (TPSA) is 37.3 Å². The van der Waals surface area contributed by atoms with E-state index in [1.54, 1.807) is 6.08 Å². The van der Waals surface area contributed by atoms with E-state index < -0.39 is 0 Å². The normalized spacial score (nSPS) is 35.8. The third-order valence-electron chi connectivity index (χ3n) is 5.52. The van der Waals surface area contributed by atoms with Crippen LogP contribution in [0.2, 0.25) is 0 Å². The van der Waals surface area contributed by atoms with Crippen molar-refractivity contribution in [3.8, 4) is 0 Å². The van der Waals surface area contributed by atoms with Gasteiger partial charge in [-0.3, -0.25) is 4.79 Å². The van der Waals surface area contributed by atoms with Gasteiger partial charge in [-0.2, -0.15) is 0 Å². The van der Waals surface area contributed by atoms with Crippen LogP contribution in [0.5, 0.6) is 0 Å². The molecule has 0 aromatic heterocycles. The van der Waals surface area contributed by atoms with Gasteiger partial charge < -0.3 is 5.11 Å². The summed E-state index contributed by atoms with van der Waals surface area (Å²) in [6, 6.07) is 0. The molecule has 0 heterocycles. The van der Waals surface area contributed by atoms with Gasteiger partial charge in [0.05, 0.1) is 6.10 Å². The van der Waals surface area contributed by atoms with Crippen molar-refractivity contribution in [3.05, 3.63) is 46.1 Å². The fraction of sp³-hybridized carbons (Fsp3) is 0.500. The molecule has 0 aromatic rings. The third kappa shape index (κ3) is 1.64. The molecule has 1 N–H and O–H groups in total. The van der Waals surface area contributed by atoms with Gasteiger partial charge in [0.2, 0.25) is 0 Å². The quantitative estimate of drug-likeness (QED) is 0.732. The Morgan fingerprint density at radius 2 is 2.05 bits per heavy atom. The van der Waals surface area contributed by atoms with Gasteiger partial charge in [-0.1, -0.05) is 23.3 Å². The van der Waals surface area contributed by atoms with Gasteiger partial charge in [0, 0.05) is 5.92 Å².